The van der Waals surface area contributed by atoms with Gasteiger partial charge in [0, 0.05) is 20.2 Å². The highest BCUT2D eigenvalue weighted by Gasteiger charge is 2.30. The minimum absolute atomic E-state index is 0.155. The average molecular weight is 270 g/mol. The molecule has 0 aromatic carbocycles. The molecule has 2 rings (SSSR count). The van der Waals surface area contributed by atoms with Gasteiger partial charge in [-0.1, -0.05) is 6.92 Å². The fraction of sp³-hybridized carbons (Fsp3) is 0.636. The first-order valence-corrected chi connectivity index (χ1v) is 6.64. The molecule has 1 aliphatic rings. The van der Waals surface area contributed by atoms with Crippen molar-refractivity contribution in [2.45, 2.75) is 19.4 Å². The highest BCUT2D eigenvalue weighted by molar-refractivity contribution is 7.11. The predicted molar refractivity (Wildman–Crippen MR) is 71.8 cm³/mol. The largest absolute Gasteiger partial charge is 0.382 e. The van der Waals surface area contributed by atoms with Crippen LogP contribution in [0.25, 0.3) is 0 Å². The molecule has 1 saturated heterocycles. The highest BCUT2D eigenvalue weighted by Crippen LogP contribution is 2.33. The first kappa shape index (κ1) is 13.1. The van der Waals surface area contributed by atoms with Crippen LogP contribution in [0.1, 0.15) is 23.7 Å². The Bertz CT molecular complexity index is 448. The number of anilines is 2. The second-order valence-electron chi connectivity index (χ2n) is 4.60. The van der Waals surface area contributed by atoms with Crippen LogP contribution in [0.15, 0.2) is 0 Å². The standard InChI is InChI=1S/C11H18N4O2S/c1-6-3-4-15(5-7(6)17-2)11-8(10(13)16)9(12)14-18-11/h6-7H,3-5H2,1-2H3,(H2,12,14)(H2,13,16). The fourth-order valence-corrected chi connectivity index (χ4v) is 3.12. The van der Waals surface area contributed by atoms with Crippen LogP contribution in [0.2, 0.25) is 0 Å². The van der Waals surface area contributed by atoms with Gasteiger partial charge in [-0.2, -0.15) is 4.37 Å². The molecule has 1 fully saturated rings. The first-order chi connectivity index (χ1) is 8.54. The summed E-state index contributed by atoms with van der Waals surface area (Å²) in [7, 11) is 1.71. The molecule has 2 unspecified atom stereocenters. The Kier molecular flexibility index (Phi) is 3.72. The van der Waals surface area contributed by atoms with Gasteiger partial charge >= 0.3 is 0 Å². The average Bonchev–Trinajstić information content (AvgIpc) is 2.72. The molecule has 0 radical (unpaired) electrons. The van der Waals surface area contributed by atoms with Crippen LogP contribution < -0.4 is 16.4 Å². The smallest absolute Gasteiger partial charge is 0.255 e. The normalized spacial score (nSPS) is 24.2. The van der Waals surface area contributed by atoms with Gasteiger partial charge < -0.3 is 21.1 Å². The van der Waals surface area contributed by atoms with Gasteiger partial charge in [0.1, 0.15) is 10.6 Å². The van der Waals surface area contributed by atoms with Crippen molar-refractivity contribution < 1.29 is 9.53 Å². The van der Waals surface area contributed by atoms with Crippen molar-refractivity contribution in [1.82, 2.24) is 4.37 Å². The van der Waals surface area contributed by atoms with Gasteiger partial charge in [-0.15, -0.1) is 0 Å². The molecule has 7 heteroatoms. The molecule has 0 saturated carbocycles. The summed E-state index contributed by atoms with van der Waals surface area (Å²) in [6, 6.07) is 0. The molecule has 2 heterocycles. The summed E-state index contributed by atoms with van der Waals surface area (Å²) in [5.74, 6) is 0.201. The van der Waals surface area contributed by atoms with Crippen molar-refractivity contribution in [3.8, 4) is 0 Å². The maximum absolute atomic E-state index is 11.4. The van der Waals surface area contributed by atoms with Gasteiger partial charge in [-0.25, -0.2) is 0 Å². The number of methoxy groups -OCH3 is 1. The molecule has 4 N–H and O–H groups in total. The minimum atomic E-state index is -0.524. The molecule has 0 aliphatic carbocycles. The number of rotatable bonds is 3. The molecular formula is C11H18N4O2S. The van der Waals surface area contributed by atoms with Gasteiger partial charge in [0.2, 0.25) is 0 Å². The number of ether oxygens (including phenoxy) is 1. The predicted octanol–water partition coefficient (Wildman–Crippen LogP) is 0.685. The number of aromatic nitrogens is 1. The zero-order valence-corrected chi connectivity index (χ0v) is 11.4. The van der Waals surface area contributed by atoms with E-state index in [0.29, 0.717) is 11.5 Å². The zero-order chi connectivity index (χ0) is 13.3. The zero-order valence-electron chi connectivity index (χ0n) is 10.5. The Morgan fingerprint density at radius 2 is 2.33 bits per heavy atom. The number of nitrogens with zero attached hydrogens (tertiary/aromatic N) is 2. The molecule has 2 atom stereocenters. The second kappa shape index (κ2) is 5.11. The lowest BCUT2D eigenvalue weighted by Crippen LogP contribution is -2.44. The van der Waals surface area contributed by atoms with E-state index in [9.17, 15) is 4.79 Å². The number of amides is 1. The number of carbonyl (C=O) groups excluding carboxylic acids is 1. The Morgan fingerprint density at radius 3 is 2.94 bits per heavy atom. The number of carbonyl (C=O) groups is 1. The number of piperidine rings is 1. The lowest BCUT2D eigenvalue weighted by Gasteiger charge is -2.36. The lowest BCUT2D eigenvalue weighted by molar-refractivity contribution is 0.0499. The van der Waals surface area contributed by atoms with E-state index in [0.717, 1.165) is 24.5 Å². The van der Waals surface area contributed by atoms with Gasteiger partial charge in [-0.05, 0) is 23.9 Å². The molecule has 100 valence electrons. The number of nitrogen functional groups attached to an aromatic ring is 1. The van der Waals surface area contributed by atoms with E-state index in [1.54, 1.807) is 7.11 Å². The summed E-state index contributed by atoms with van der Waals surface area (Å²) >= 11 is 1.22. The SMILES string of the molecule is COC1CN(c2snc(N)c2C(N)=O)CCC1C. The third-order valence-corrected chi connectivity index (χ3v) is 4.35. The molecule has 1 aliphatic heterocycles. The van der Waals surface area contributed by atoms with E-state index in [-0.39, 0.29) is 11.9 Å². The highest BCUT2D eigenvalue weighted by atomic mass is 32.1. The van der Waals surface area contributed by atoms with Crippen LogP contribution >= 0.6 is 11.5 Å². The summed E-state index contributed by atoms with van der Waals surface area (Å²) in [4.78, 5) is 13.5. The van der Waals surface area contributed by atoms with Crippen LogP contribution in [0.5, 0.6) is 0 Å². The number of hydrogen-bond donors (Lipinski definition) is 2. The minimum Gasteiger partial charge on any atom is -0.382 e. The Labute approximate surface area is 110 Å². The summed E-state index contributed by atoms with van der Waals surface area (Å²) in [6.45, 7) is 3.77. The van der Waals surface area contributed by atoms with Crippen molar-refractivity contribution >= 4 is 28.3 Å². The monoisotopic (exact) mass is 270 g/mol. The van der Waals surface area contributed by atoms with Crippen molar-refractivity contribution in [3.05, 3.63) is 5.56 Å². The number of primary amides is 1. The van der Waals surface area contributed by atoms with E-state index in [1.165, 1.54) is 11.5 Å². The molecule has 1 amide bonds. The second-order valence-corrected chi connectivity index (χ2v) is 5.35. The van der Waals surface area contributed by atoms with E-state index >= 15 is 0 Å². The van der Waals surface area contributed by atoms with Crippen LogP contribution in [0, 0.1) is 5.92 Å². The van der Waals surface area contributed by atoms with Crippen LogP contribution in [-0.4, -0.2) is 36.6 Å². The van der Waals surface area contributed by atoms with Gasteiger partial charge in [0.25, 0.3) is 5.91 Å². The maximum atomic E-state index is 11.4. The Balaban J connectivity index is 2.24. The van der Waals surface area contributed by atoms with E-state index < -0.39 is 5.91 Å². The summed E-state index contributed by atoms with van der Waals surface area (Å²) < 4.78 is 9.48. The van der Waals surface area contributed by atoms with Gasteiger partial charge in [0.05, 0.1) is 6.10 Å². The summed E-state index contributed by atoms with van der Waals surface area (Å²) in [5.41, 5.74) is 11.4. The molecule has 6 nitrogen and oxygen atoms in total. The summed E-state index contributed by atoms with van der Waals surface area (Å²) in [5, 5.41) is 0.758. The molecule has 0 spiro atoms. The third-order valence-electron chi connectivity index (χ3n) is 3.43. The maximum Gasteiger partial charge on any atom is 0.255 e. The van der Waals surface area contributed by atoms with Crippen molar-refractivity contribution in [1.29, 1.82) is 0 Å². The lowest BCUT2D eigenvalue weighted by atomic mass is 9.96. The van der Waals surface area contributed by atoms with Crippen molar-refractivity contribution in [2.24, 2.45) is 11.7 Å². The van der Waals surface area contributed by atoms with Crippen LogP contribution in [0.4, 0.5) is 10.8 Å². The third kappa shape index (κ3) is 2.28. The van der Waals surface area contributed by atoms with Crippen molar-refractivity contribution in [2.75, 3.05) is 30.8 Å². The molecule has 1 aromatic rings. The molecular weight excluding hydrogens is 252 g/mol. The molecule has 0 bridgehead atoms. The van der Waals surface area contributed by atoms with Gasteiger partial charge in [-0.3, -0.25) is 4.79 Å². The first-order valence-electron chi connectivity index (χ1n) is 5.87. The van der Waals surface area contributed by atoms with E-state index in [1.807, 2.05) is 0 Å². The van der Waals surface area contributed by atoms with Crippen molar-refractivity contribution in [3.63, 3.8) is 0 Å². The summed E-state index contributed by atoms with van der Waals surface area (Å²) in [6.07, 6.45) is 1.16. The number of nitrogens with two attached hydrogens (primary N) is 2. The molecule has 18 heavy (non-hydrogen) atoms. The van der Waals surface area contributed by atoms with E-state index in [2.05, 4.69) is 16.2 Å². The van der Waals surface area contributed by atoms with Crippen LogP contribution in [-0.2, 0) is 4.74 Å². The van der Waals surface area contributed by atoms with Gasteiger partial charge in [0.15, 0.2) is 5.82 Å². The Hall–Kier alpha value is -1.34. The quantitative estimate of drug-likeness (QED) is 0.842. The number of hydrogen-bond acceptors (Lipinski definition) is 6. The molecule has 1 aromatic heterocycles. The fourth-order valence-electron chi connectivity index (χ4n) is 2.27. The topological polar surface area (TPSA) is 94.5 Å². The van der Waals surface area contributed by atoms with Crippen LogP contribution in [0.3, 0.4) is 0 Å². The van der Waals surface area contributed by atoms with E-state index in [4.69, 9.17) is 16.2 Å². The Morgan fingerprint density at radius 1 is 1.61 bits per heavy atom.